The Hall–Kier alpha value is -3.52. The molecule has 26 heavy (non-hydrogen) atoms. The molecule has 0 saturated carbocycles. The summed E-state index contributed by atoms with van der Waals surface area (Å²) >= 11 is 0. The van der Waals surface area contributed by atoms with E-state index in [0.29, 0.717) is 5.76 Å². The monoisotopic (exact) mass is 346 g/mol. The molecule has 1 heterocycles. The van der Waals surface area contributed by atoms with Crippen molar-refractivity contribution in [3.05, 3.63) is 94.6 Å². The summed E-state index contributed by atoms with van der Waals surface area (Å²) in [6, 6.07) is 20.7. The van der Waals surface area contributed by atoms with Crippen molar-refractivity contribution in [2.24, 2.45) is 5.73 Å². The number of rotatable bonds is 4. The van der Waals surface area contributed by atoms with Crippen LogP contribution < -0.4 is 5.73 Å². The lowest BCUT2D eigenvalue weighted by molar-refractivity contribution is -0.140. The molecule has 3 rings (SSSR count). The van der Waals surface area contributed by atoms with Crippen LogP contribution in [0.3, 0.4) is 0 Å². The first-order valence-corrected chi connectivity index (χ1v) is 8.16. The number of ether oxygens (including phenoxy) is 2. The number of nitrogens with zero attached hydrogens (tertiary/aromatic N) is 1. The number of nitriles is 1. The maximum Gasteiger partial charge on any atom is 0.338 e. The van der Waals surface area contributed by atoms with Gasteiger partial charge in [0, 0.05) is 0 Å². The third kappa shape index (κ3) is 3.45. The van der Waals surface area contributed by atoms with E-state index in [-0.39, 0.29) is 23.6 Å². The summed E-state index contributed by atoms with van der Waals surface area (Å²) in [5.41, 5.74) is 8.03. The normalized spacial score (nSPS) is 16.7. The number of benzene rings is 2. The lowest BCUT2D eigenvalue weighted by atomic mass is 9.83. The Morgan fingerprint density at radius 1 is 1.15 bits per heavy atom. The first kappa shape index (κ1) is 17.3. The summed E-state index contributed by atoms with van der Waals surface area (Å²) in [7, 11) is 0. The predicted molar refractivity (Wildman–Crippen MR) is 96.0 cm³/mol. The minimum absolute atomic E-state index is 0.0125. The van der Waals surface area contributed by atoms with Crippen molar-refractivity contribution in [2.75, 3.05) is 0 Å². The van der Waals surface area contributed by atoms with Gasteiger partial charge in [-0.1, -0.05) is 60.7 Å². The highest BCUT2D eigenvalue weighted by Crippen LogP contribution is 2.39. The van der Waals surface area contributed by atoms with Gasteiger partial charge in [0.1, 0.15) is 24.0 Å². The third-order valence-corrected chi connectivity index (χ3v) is 4.17. The second-order valence-corrected chi connectivity index (χ2v) is 5.87. The second-order valence-electron chi connectivity index (χ2n) is 5.87. The number of esters is 1. The molecule has 130 valence electrons. The summed E-state index contributed by atoms with van der Waals surface area (Å²) < 4.78 is 10.9. The minimum Gasteiger partial charge on any atom is -0.457 e. The van der Waals surface area contributed by atoms with Gasteiger partial charge in [-0.2, -0.15) is 5.26 Å². The fourth-order valence-electron chi connectivity index (χ4n) is 2.93. The largest absolute Gasteiger partial charge is 0.457 e. The summed E-state index contributed by atoms with van der Waals surface area (Å²) in [6.07, 6.45) is 0. The van der Waals surface area contributed by atoms with Gasteiger partial charge in [0.05, 0.1) is 11.5 Å². The minimum atomic E-state index is -0.613. The van der Waals surface area contributed by atoms with E-state index in [0.717, 1.165) is 11.1 Å². The highest BCUT2D eigenvalue weighted by atomic mass is 16.5. The van der Waals surface area contributed by atoms with Crippen molar-refractivity contribution in [2.45, 2.75) is 19.4 Å². The topological polar surface area (TPSA) is 85.3 Å². The van der Waals surface area contributed by atoms with Crippen molar-refractivity contribution in [1.82, 2.24) is 0 Å². The van der Waals surface area contributed by atoms with E-state index < -0.39 is 11.9 Å². The van der Waals surface area contributed by atoms with Gasteiger partial charge in [0.25, 0.3) is 0 Å². The molecule has 1 atom stereocenters. The molecule has 0 aliphatic carbocycles. The maximum absolute atomic E-state index is 12.8. The molecule has 5 nitrogen and oxygen atoms in total. The summed E-state index contributed by atoms with van der Waals surface area (Å²) in [6.45, 7) is 1.79. The van der Waals surface area contributed by atoms with Crippen LogP contribution in [0.5, 0.6) is 0 Å². The fourth-order valence-corrected chi connectivity index (χ4v) is 2.93. The Bertz CT molecular complexity index is 909. The molecule has 2 aromatic rings. The summed E-state index contributed by atoms with van der Waals surface area (Å²) in [4.78, 5) is 12.8. The SMILES string of the molecule is CC1=C(C(=O)OCc2ccccc2)C(c2ccccc2)C(C#N)=C(N)O1. The number of carbonyl (C=O) groups is 1. The van der Waals surface area contributed by atoms with E-state index in [9.17, 15) is 10.1 Å². The van der Waals surface area contributed by atoms with Gasteiger partial charge >= 0.3 is 5.97 Å². The Balaban J connectivity index is 1.93. The van der Waals surface area contributed by atoms with Gasteiger partial charge in [0.2, 0.25) is 5.88 Å². The Labute approximate surface area is 152 Å². The molecule has 0 saturated heterocycles. The van der Waals surface area contributed by atoms with Crippen molar-refractivity contribution in [3.8, 4) is 6.07 Å². The highest BCUT2D eigenvalue weighted by Gasteiger charge is 2.36. The van der Waals surface area contributed by atoms with Crippen molar-refractivity contribution in [1.29, 1.82) is 5.26 Å². The fraction of sp³-hybridized carbons (Fsp3) is 0.143. The number of hydrogen-bond donors (Lipinski definition) is 1. The first-order chi connectivity index (χ1) is 12.6. The third-order valence-electron chi connectivity index (χ3n) is 4.17. The Kier molecular flexibility index (Phi) is 5.04. The molecule has 0 bridgehead atoms. The van der Waals surface area contributed by atoms with Gasteiger partial charge in [-0.15, -0.1) is 0 Å². The molecule has 1 unspecified atom stereocenters. The van der Waals surface area contributed by atoms with Crippen LogP contribution in [0.4, 0.5) is 0 Å². The molecule has 0 spiro atoms. The van der Waals surface area contributed by atoms with E-state index in [1.54, 1.807) is 6.92 Å². The van der Waals surface area contributed by atoms with E-state index in [1.165, 1.54) is 0 Å². The van der Waals surface area contributed by atoms with Gasteiger partial charge in [-0.05, 0) is 18.1 Å². The molecule has 1 aliphatic heterocycles. The molecule has 0 amide bonds. The van der Waals surface area contributed by atoms with Crippen molar-refractivity contribution < 1.29 is 14.3 Å². The molecule has 0 fully saturated rings. The van der Waals surface area contributed by atoms with Crippen LogP contribution in [0, 0.1) is 11.3 Å². The quantitative estimate of drug-likeness (QED) is 0.856. The highest BCUT2D eigenvalue weighted by molar-refractivity contribution is 5.92. The van der Waals surface area contributed by atoms with Crippen LogP contribution in [-0.4, -0.2) is 5.97 Å². The molecule has 0 aromatic heterocycles. The van der Waals surface area contributed by atoms with Gasteiger partial charge in [-0.3, -0.25) is 0 Å². The molecule has 1 aliphatic rings. The van der Waals surface area contributed by atoms with Crippen LogP contribution >= 0.6 is 0 Å². The first-order valence-electron chi connectivity index (χ1n) is 8.16. The van der Waals surface area contributed by atoms with E-state index in [4.69, 9.17) is 15.2 Å². The van der Waals surface area contributed by atoms with E-state index in [1.807, 2.05) is 60.7 Å². The van der Waals surface area contributed by atoms with Gasteiger partial charge in [0.15, 0.2) is 0 Å². The number of hydrogen-bond acceptors (Lipinski definition) is 5. The second kappa shape index (κ2) is 7.58. The molecule has 5 heteroatoms. The Morgan fingerprint density at radius 2 is 1.77 bits per heavy atom. The van der Waals surface area contributed by atoms with Crippen LogP contribution in [0.1, 0.15) is 24.0 Å². The lowest BCUT2D eigenvalue weighted by Crippen LogP contribution is -2.25. The standard InChI is InChI=1S/C21H18N2O3/c1-14-18(21(24)25-13-15-8-4-2-5-9-15)19(16-10-6-3-7-11-16)17(12-22)20(23)26-14/h2-11,19H,13,23H2,1H3. The smallest absolute Gasteiger partial charge is 0.338 e. The lowest BCUT2D eigenvalue weighted by Gasteiger charge is -2.26. The zero-order chi connectivity index (χ0) is 18.5. The van der Waals surface area contributed by atoms with Crippen molar-refractivity contribution in [3.63, 3.8) is 0 Å². The maximum atomic E-state index is 12.8. The summed E-state index contributed by atoms with van der Waals surface area (Å²) in [5, 5.41) is 9.54. The zero-order valence-electron chi connectivity index (χ0n) is 14.3. The molecular weight excluding hydrogens is 328 g/mol. The molecular formula is C21H18N2O3. The Morgan fingerprint density at radius 3 is 2.38 bits per heavy atom. The molecule has 2 aromatic carbocycles. The van der Waals surface area contributed by atoms with Crippen LogP contribution in [0.25, 0.3) is 0 Å². The number of nitrogens with two attached hydrogens (primary N) is 1. The summed E-state index contributed by atoms with van der Waals surface area (Å²) in [5.74, 6) is -0.787. The van der Waals surface area contributed by atoms with Crippen LogP contribution in [-0.2, 0) is 20.9 Å². The van der Waals surface area contributed by atoms with E-state index >= 15 is 0 Å². The zero-order valence-corrected chi connectivity index (χ0v) is 14.3. The van der Waals surface area contributed by atoms with E-state index in [2.05, 4.69) is 6.07 Å². The number of allylic oxidation sites excluding steroid dienone is 2. The van der Waals surface area contributed by atoms with Crippen LogP contribution in [0.15, 0.2) is 83.5 Å². The van der Waals surface area contributed by atoms with Crippen LogP contribution in [0.2, 0.25) is 0 Å². The molecule has 0 radical (unpaired) electrons. The van der Waals surface area contributed by atoms with Gasteiger partial charge in [-0.25, -0.2) is 4.79 Å². The molecule has 2 N–H and O–H groups in total. The average Bonchev–Trinajstić information content (AvgIpc) is 2.67. The van der Waals surface area contributed by atoms with Gasteiger partial charge < -0.3 is 15.2 Å². The van der Waals surface area contributed by atoms with Crippen molar-refractivity contribution >= 4 is 5.97 Å². The number of carbonyl (C=O) groups excluding carboxylic acids is 1. The predicted octanol–water partition coefficient (Wildman–Crippen LogP) is 3.51. The average molecular weight is 346 g/mol.